The van der Waals surface area contributed by atoms with E-state index in [1.165, 1.54) is 20.3 Å². The van der Waals surface area contributed by atoms with Gasteiger partial charge in [0.25, 0.3) is 0 Å². The lowest BCUT2D eigenvalue weighted by molar-refractivity contribution is 0.0600. The molecule has 0 N–H and O–H groups in total. The maximum atomic E-state index is 14.2. The molecule has 0 saturated heterocycles. The molecule has 2 aromatic rings. The highest BCUT2D eigenvalue weighted by atomic mass is 19.1. The third-order valence-corrected chi connectivity index (χ3v) is 3.45. The molecule has 2 aromatic carbocycles. The molecule has 2 rings (SSSR count). The summed E-state index contributed by atoms with van der Waals surface area (Å²) in [6.45, 7) is 2.66. The Labute approximate surface area is 134 Å². The maximum Gasteiger partial charge on any atom is 0.337 e. The Morgan fingerprint density at radius 3 is 2.52 bits per heavy atom. The van der Waals surface area contributed by atoms with Gasteiger partial charge in [-0.15, -0.1) is 0 Å². The fourth-order valence-corrected chi connectivity index (χ4v) is 2.27. The number of hydrogen-bond acceptors (Lipinski definition) is 4. The molecule has 0 aromatic heterocycles. The molecule has 122 valence electrons. The van der Waals surface area contributed by atoms with Gasteiger partial charge in [0.2, 0.25) is 0 Å². The molecule has 0 amide bonds. The molecule has 0 heterocycles. The standard InChI is InChI=1S/C18H19FO4/c1-4-23-11-13-9-12(18(20)22-3)5-7-15(13)16-10-14(21-2)6-8-17(16)19/h5-10H,4,11H2,1-3H3. The molecule has 4 nitrogen and oxygen atoms in total. The quantitative estimate of drug-likeness (QED) is 0.760. The zero-order valence-electron chi connectivity index (χ0n) is 13.4. The average Bonchev–Trinajstić information content (AvgIpc) is 2.59. The lowest BCUT2D eigenvalue weighted by atomic mass is 9.97. The van der Waals surface area contributed by atoms with Gasteiger partial charge in [0, 0.05) is 12.2 Å². The number of rotatable bonds is 6. The van der Waals surface area contributed by atoms with Crippen molar-refractivity contribution in [3.05, 3.63) is 53.3 Å². The normalized spacial score (nSPS) is 10.4. The Morgan fingerprint density at radius 2 is 1.87 bits per heavy atom. The van der Waals surface area contributed by atoms with E-state index in [4.69, 9.17) is 14.2 Å². The minimum Gasteiger partial charge on any atom is -0.497 e. The lowest BCUT2D eigenvalue weighted by Gasteiger charge is -2.13. The summed E-state index contributed by atoms with van der Waals surface area (Å²) < 4.78 is 29.6. The minimum atomic E-state index is -0.444. The number of benzene rings is 2. The Bertz CT molecular complexity index is 697. The van der Waals surface area contributed by atoms with Gasteiger partial charge in [-0.2, -0.15) is 0 Å². The first-order chi connectivity index (χ1) is 11.1. The van der Waals surface area contributed by atoms with Crippen LogP contribution in [0.2, 0.25) is 0 Å². The molecule has 23 heavy (non-hydrogen) atoms. The summed E-state index contributed by atoms with van der Waals surface area (Å²) in [5.41, 5.74) is 2.16. The van der Waals surface area contributed by atoms with Gasteiger partial charge in [0.05, 0.1) is 26.4 Å². The van der Waals surface area contributed by atoms with E-state index in [0.29, 0.717) is 34.6 Å². The first kappa shape index (κ1) is 17.0. The van der Waals surface area contributed by atoms with E-state index in [2.05, 4.69) is 0 Å². The van der Waals surface area contributed by atoms with Crippen LogP contribution in [0.25, 0.3) is 11.1 Å². The van der Waals surface area contributed by atoms with Gasteiger partial charge < -0.3 is 14.2 Å². The highest BCUT2D eigenvalue weighted by molar-refractivity contribution is 5.90. The van der Waals surface area contributed by atoms with Gasteiger partial charge in [0.1, 0.15) is 11.6 Å². The number of methoxy groups -OCH3 is 2. The second-order valence-corrected chi connectivity index (χ2v) is 4.85. The monoisotopic (exact) mass is 318 g/mol. The van der Waals surface area contributed by atoms with E-state index < -0.39 is 5.97 Å². The van der Waals surface area contributed by atoms with Crippen molar-refractivity contribution in [2.24, 2.45) is 0 Å². The summed E-state index contributed by atoms with van der Waals surface area (Å²) in [5.74, 6) is -0.254. The van der Waals surface area contributed by atoms with E-state index in [1.807, 2.05) is 6.92 Å². The summed E-state index contributed by atoms with van der Waals surface area (Å²) >= 11 is 0. The van der Waals surface area contributed by atoms with Crippen LogP contribution in [0.5, 0.6) is 5.75 Å². The molecule has 0 radical (unpaired) electrons. The summed E-state index contributed by atoms with van der Waals surface area (Å²) in [4.78, 5) is 11.7. The zero-order chi connectivity index (χ0) is 16.8. The molecular formula is C18H19FO4. The number of ether oxygens (including phenoxy) is 3. The summed E-state index contributed by atoms with van der Waals surface area (Å²) in [7, 11) is 2.85. The van der Waals surface area contributed by atoms with Crippen LogP contribution < -0.4 is 4.74 Å². The van der Waals surface area contributed by atoms with Crippen molar-refractivity contribution in [1.29, 1.82) is 0 Å². The lowest BCUT2D eigenvalue weighted by Crippen LogP contribution is -2.04. The third-order valence-electron chi connectivity index (χ3n) is 3.45. The van der Waals surface area contributed by atoms with Gasteiger partial charge in [0.15, 0.2) is 0 Å². The van der Waals surface area contributed by atoms with Crippen LogP contribution in [0, 0.1) is 5.82 Å². The first-order valence-electron chi connectivity index (χ1n) is 7.23. The topological polar surface area (TPSA) is 44.8 Å². The highest BCUT2D eigenvalue weighted by Gasteiger charge is 2.15. The fourth-order valence-electron chi connectivity index (χ4n) is 2.27. The molecule has 0 fully saturated rings. The van der Waals surface area contributed by atoms with Crippen molar-refractivity contribution in [1.82, 2.24) is 0 Å². The average molecular weight is 318 g/mol. The van der Waals surface area contributed by atoms with Crippen LogP contribution in [0.4, 0.5) is 4.39 Å². The van der Waals surface area contributed by atoms with E-state index >= 15 is 0 Å². The van der Waals surface area contributed by atoms with Crippen molar-refractivity contribution in [3.63, 3.8) is 0 Å². The van der Waals surface area contributed by atoms with E-state index in [0.717, 1.165) is 0 Å². The number of halogens is 1. The molecule has 0 aliphatic heterocycles. The van der Waals surface area contributed by atoms with E-state index in [1.54, 1.807) is 30.3 Å². The summed E-state index contributed by atoms with van der Waals surface area (Å²) in [5, 5.41) is 0. The van der Waals surface area contributed by atoms with Crippen LogP contribution in [0.3, 0.4) is 0 Å². The van der Waals surface area contributed by atoms with Gasteiger partial charge in [-0.25, -0.2) is 9.18 Å². The molecule has 0 aliphatic rings. The number of esters is 1. The van der Waals surface area contributed by atoms with E-state index in [-0.39, 0.29) is 12.4 Å². The largest absolute Gasteiger partial charge is 0.497 e. The molecule has 5 heteroatoms. The Kier molecular flexibility index (Phi) is 5.71. The van der Waals surface area contributed by atoms with Gasteiger partial charge in [-0.05, 0) is 48.4 Å². The van der Waals surface area contributed by atoms with Crippen molar-refractivity contribution in [3.8, 4) is 16.9 Å². The van der Waals surface area contributed by atoms with Crippen molar-refractivity contribution < 1.29 is 23.4 Å². The molecular weight excluding hydrogens is 299 g/mol. The Hall–Kier alpha value is -2.40. The maximum absolute atomic E-state index is 14.2. The summed E-state index contributed by atoms with van der Waals surface area (Å²) in [6.07, 6.45) is 0. The predicted octanol–water partition coefficient (Wildman–Crippen LogP) is 3.82. The molecule has 0 saturated carbocycles. The molecule has 0 spiro atoms. The highest BCUT2D eigenvalue weighted by Crippen LogP contribution is 2.31. The SMILES string of the molecule is CCOCc1cc(C(=O)OC)ccc1-c1cc(OC)ccc1F. The van der Waals surface area contributed by atoms with Crippen LogP contribution in [0.15, 0.2) is 36.4 Å². The van der Waals surface area contributed by atoms with Gasteiger partial charge in [-0.3, -0.25) is 0 Å². The van der Waals surface area contributed by atoms with E-state index in [9.17, 15) is 9.18 Å². The Balaban J connectivity index is 2.54. The predicted molar refractivity (Wildman–Crippen MR) is 85.1 cm³/mol. The molecule has 0 atom stereocenters. The second kappa shape index (κ2) is 7.74. The molecule has 0 unspecified atom stereocenters. The fraction of sp³-hybridized carbons (Fsp3) is 0.278. The van der Waals surface area contributed by atoms with Crippen molar-refractivity contribution in [2.75, 3.05) is 20.8 Å². The zero-order valence-corrected chi connectivity index (χ0v) is 13.4. The smallest absolute Gasteiger partial charge is 0.337 e. The van der Waals surface area contributed by atoms with Crippen LogP contribution >= 0.6 is 0 Å². The number of carbonyl (C=O) groups excluding carboxylic acids is 1. The van der Waals surface area contributed by atoms with Crippen LogP contribution in [0.1, 0.15) is 22.8 Å². The molecule has 0 aliphatic carbocycles. The van der Waals surface area contributed by atoms with Gasteiger partial charge in [-0.1, -0.05) is 6.07 Å². The number of hydrogen-bond donors (Lipinski definition) is 0. The number of carbonyl (C=O) groups is 1. The minimum absolute atomic E-state index is 0.271. The molecule has 0 bridgehead atoms. The van der Waals surface area contributed by atoms with Crippen molar-refractivity contribution >= 4 is 5.97 Å². The third kappa shape index (κ3) is 3.87. The first-order valence-corrected chi connectivity index (χ1v) is 7.23. The van der Waals surface area contributed by atoms with Crippen LogP contribution in [-0.4, -0.2) is 26.8 Å². The van der Waals surface area contributed by atoms with Crippen molar-refractivity contribution in [2.45, 2.75) is 13.5 Å². The summed E-state index contributed by atoms with van der Waals surface area (Å²) in [6, 6.07) is 9.50. The second-order valence-electron chi connectivity index (χ2n) is 4.85. The van der Waals surface area contributed by atoms with Gasteiger partial charge >= 0.3 is 5.97 Å². The van der Waals surface area contributed by atoms with Crippen LogP contribution in [-0.2, 0) is 16.1 Å². The Morgan fingerprint density at radius 1 is 1.09 bits per heavy atom.